The van der Waals surface area contributed by atoms with Crippen molar-refractivity contribution in [1.82, 2.24) is 15.3 Å². The number of aromatic nitrogens is 2. The van der Waals surface area contributed by atoms with Crippen LogP contribution < -0.4 is 10.6 Å². The van der Waals surface area contributed by atoms with Gasteiger partial charge in [-0.05, 0) is 25.7 Å². The van der Waals surface area contributed by atoms with Crippen LogP contribution in [0.3, 0.4) is 0 Å². The van der Waals surface area contributed by atoms with E-state index in [0.29, 0.717) is 17.8 Å². The number of carbonyl (C=O) groups excluding carboxylic acids is 1. The largest absolute Gasteiger partial charge is 0.367 e. The molecule has 3 rings (SSSR count). The first kappa shape index (κ1) is 11.4. The van der Waals surface area contributed by atoms with E-state index in [2.05, 4.69) is 20.6 Å². The summed E-state index contributed by atoms with van der Waals surface area (Å²) >= 11 is 0. The van der Waals surface area contributed by atoms with Gasteiger partial charge in [-0.25, -0.2) is 9.97 Å². The number of carbonyl (C=O) groups is 1. The molecule has 1 amide bonds. The number of nitrogens with one attached hydrogen (secondary N) is 2. The highest BCUT2D eigenvalue weighted by molar-refractivity contribution is 5.93. The van der Waals surface area contributed by atoms with Gasteiger partial charge in [-0.1, -0.05) is 12.8 Å². The van der Waals surface area contributed by atoms with Gasteiger partial charge in [0.1, 0.15) is 17.8 Å². The highest BCUT2D eigenvalue weighted by Crippen LogP contribution is 2.23. The maximum absolute atomic E-state index is 12.0. The van der Waals surface area contributed by atoms with Crippen molar-refractivity contribution in [2.24, 2.45) is 0 Å². The molecule has 0 aromatic carbocycles. The van der Waals surface area contributed by atoms with Crippen LogP contribution in [-0.4, -0.2) is 28.0 Å². The van der Waals surface area contributed by atoms with Gasteiger partial charge in [0.05, 0.1) is 0 Å². The molecule has 2 aliphatic rings. The van der Waals surface area contributed by atoms with Crippen molar-refractivity contribution in [3.8, 4) is 0 Å². The van der Waals surface area contributed by atoms with Crippen LogP contribution in [-0.2, 0) is 0 Å². The van der Waals surface area contributed by atoms with Crippen LogP contribution in [0.25, 0.3) is 0 Å². The van der Waals surface area contributed by atoms with Gasteiger partial charge < -0.3 is 10.6 Å². The van der Waals surface area contributed by atoms with Gasteiger partial charge in [0.2, 0.25) is 0 Å². The number of hydrogen-bond donors (Lipinski definition) is 2. The van der Waals surface area contributed by atoms with E-state index < -0.39 is 0 Å². The van der Waals surface area contributed by atoms with Gasteiger partial charge in [-0.3, -0.25) is 4.79 Å². The van der Waals surface area contributed by atoms with E-state index >= 15 is 0 Å². The highest BCUT2D eigenvalue weighted by Gasteiger charge is 2.22. The molecule has 5 nitrogen and oxygen atoms in total. The van der Waals surface area contributed by atoms with E-state index in [-0.39, 0.29) is 5.91 Å². The smallest absolute Gasteiger partial charge is 0.270 e. The van der Waals surface area contributed by atoms with Crippen LogP contribution in [0.4, 0.5) is 5.82 Å². The Morgan fingerprint density at radius 2 is 1.89 bits per heavy atom. The molecule has 0 spiro atoms. The maximum atomic E-state index is 12.0. The molecule has 0 atom stereocenters. The predicted molar refractivity (Wildman–Crippen MR) is 68.4 cm³/mol. The average molecular weight is 246 g/mol. The second kappa shape index (κ2) is 4.92. The Labute approximate surface area is 106 Å². The molecule has 2 saturated carbocycles. The second-order valence-electron chi connectivity index (χ2n) is 5.16. The summed E-state index contributed by atoms with van der Waals surface area (Å²) in [4.78, 5) is 20.2. The molecular weight excluding hydrogens is 228 g/mol. The van der Waals surface area contributed by atoms with E-state index in [9.17, 15) is 4.79 Å². The number of nitrogens with zero attached hydrogens (tertiary/aromatic N) is 2. The van der Waals surface area contributed by atoms with Gasteiger partial charge in [0.15, 0.2) is 0 Å². The standard InChI is InChI=1S/C13H18N4O/c18-13(17-9-3-1-2-4-9)11-7-12(15-8-14-11)16-10-5-6-10/h7-10H,1-6H2,(H,17,18)(H,14,15,16). The zero-order chi connectivity index (χ0) is 12.4. The summed E-state index contributed by atoms with van der Waals surface area (Å²) in [5.74, 6) is 0.673. The van der Waals surface area contributed by atoms with Crippen molar-refractivity contribution in [3.63, 3.8) is 0 Å². The molecule has 1 aromatic rings. The lowest BCUT2D eigenvalue weighted by Crippen LogP contribution is -2.33. The van der Waals surface area contributed by atoms with Gasteiger partial charge in [0.25, 0.3) is 5.91 Å². The zero-order valence-electron chi connectivity index (χ0n) is 10.4. The van der Waals surface area contributed by atoms with Crippen LogP contribution >= 0.6 is 0 Å². The fourth-order valence-electron chi connectivity index (χ4n) is 2.33. The quantitative estimate of drug-likeness (QED) is 0.849. The normalized spacial score (nSPS) is 19.8. The summed E-state index contributed by atoms with van der Waals surface area (Å²) in [5.41, 5.74) is 0.458. The fourth-order valence-corrected chi connectivity index (χ4v) is 2.33. The van der Waals surface area contributed by atoms with E-state index in [1.54, 1.807) is 6.07 Å². The van der Waals surface area contributed by atoms with Crippen molar-refractivity contribution in [3.05, 3.63) is 18.1 Å². The third-order valence-electron chi connectivity index (χ3n) is 3.52. The lowest BCUT2D eigenvalue weighted by Gasteiger charge is -2.11. The van der Waals surface area contributed by atoms with E-state index in [1.807, 2.05) is 0 Å². The fraction of sp³-hybridized carbons (Fsp3) is 0.615. The monoisotopic (exact) mass is 246 g/mol. The van der Waals surface area contributed by atoms with Crippen LogP contribution in [0.1, 0.15) is 49.0 Å². The summed E-state index contributed by atoms with van der Waals surface area (Å²) in [6, 6.07) is 2.60. The lowest BCUT2D eigenvalue weighted by atomic mass is 10.2. The first-order valence-corrected chi connectivity index (χ1v) is 6.71. The molecular formula is C13H18N4O. The summed E-state index contributed by atoms with van der Waals surface area (Å²) in [7, 11) is 0. The van der Waals surface area contributed by atoms with Crippen molar-refractivity contribution in [2.45, 2.75) is 50.6 Å². The maximum Gasteiger partial charge on any atom is 0.270 e. The molecule has 1 aromatic heterocycles. The molecule has 0 aliphatic heterocycles. The second-order valence-corrected chi connectivity index (χ2v) is 5.16. The van der Waals surface area contributed by atoms with Crippen LogP contribution in [0.2, 0.25) is 0 Å². The number of amides is 1. The van der Waals surface area contributed by atoms with E-state index in [4.69, 9.17) is 0 Å². The SMILES string of the molecule is O=C(NC1CCCC1)c1cc(NC2CC2)ncn1. The lowest BCUT2D eigenvalue weighted by molar-refractivity contribution is 0.0932. The molecule has 2 N–H and O–H groups in total. The highest BCUT2D eigenvalue weighted by atomic mass is 16.1. The third kappa shape index (κ3) is 2.78. The molecule has 0 unspecified atom stereocenters. The van der Waals surface area contributed by atoms with Crippen LogP contribution in [0, 0.1) is 0 Å². The average Bonchev–Trinajstić information content (AvgIpc) is 3.04. The Bertz CT molecular complexity index is 438. The molecule has 2 fully saturated rings. The van der Waals surface area contributed by atoms with Gasteiger partial charge in [-0.15, -0.1) is 0 Å². The number of rotatable bonds is 4. The summed E-state index contributed by atoms with van der Waals surface area (Å²) < 4.78 is 0. The van der Waals surface area contributed by atoms with Crippen molar-refractivity contribution >= 4 is 11.7 Å². The Hall–Kier alpha value is -1.65. The molecule has 0 saturated heterocycles. The van der Waals surface area contributed by atoms with E-state index in [1.165, 1.54) is 32.0 Å². The van der Waals surface area contributed by atoms with Crippen molar-refractivity contribution < 1.29 is 4.79 Å². The Balaban J connectivity index is 1.64. The summed E-state index contributed by atoms with van der Waals surface area (Å²) in [5, 5.41) is 6.31. The minimum Gasteiger partial charge on any atom is -0.367 e. The molecule has 2 aliphatic carbocycles. The first-order valence-electron chi connectivity index (χ1n) is 6.71. The van der Waals surface area contributed by atoms with Gasteiger partial charge >= 0.3 is 0 Å². The summed E-state index contributed by atoms with van der Waals surface area (Å²) in [6.45, 7) is 0. The molecule has 0 radical (unpaired) electrons. The number of hydrogen-bond acceptors (Lipinski definition) is 4. The Morgan fingerprint density at radius 1 is 1.11 bits per heavy atom. The van der Waals surface area contributed by atoms with E-state index in [0.717, 1.165) is 18.7 Å². The Morgan fingerprint density at radius 3 is 2.61 bits per heavy atom. The minimum absolute atomic E-state index is 0.0804. The molecule has 1 heterocycles. The zero-order valence-corrected chi connectivity index (χ0v) is 10.4. The molecule has 96 valence electrons. The van der Waals surface area contributed by atoms with Crippen molar-refractivity contribution in [2.75, 3.05) is 5.32 Å². The van der Waals surface area contributed by atoms with Crippen LogP contribution in [0.5, 0.6) is 0 Å². The minimum atomic E-state index is -0.0804. The van der Waals surface area contributed by atoms with Crippen LogP contribution in [0.15, 0.2) is 12.4 Å². The third-order valence-corrected chi connectivity index (χ3v) is 3.52. The first-order chi connectivity index (χ1) is 8.81. The van der Waals surface area contributed by atoms with Gasteiger partial charge in [0, 0.05) is 18.2 Å². The topological polar surface area (TPSA) is 66.9 Å². The Kier molecular flexibility index (Phi) is 3.13. The number of anilines is 1. The molecule has 18 heavy (non-hydrogen) atoms. The summed E-state index contributed by atoms with van der Waals surface area (Å²) in [6.07, 6.45) is 8.43. The predicted octanol–water partition coefficient (Wildman–Crippen LogP) is 1.72. The van der Waals surface area contributed by atoms with Gasteiger partial charge in [-0.2, -0.15) is 0 Å². The van der Waals surface area contributed by atoms with Crippen molar-refractivity contribution in [1.29, 1.82) is 0 Å². The molecule has 0 bridgehead atoms. The molecule has 5 heteroatoms.